The molecule has 0 fully saturated rings. The van der Waals surface area contributed by atoms with Gasteiger partial charge in [0.2, 0.25) is 0 Å². The smallest absolute Gasteiger partial charge is 0.192 e. The minimum absolute atomic E-state index is 0.192. The molecule has 2 atom stereocenters. The fourth-order valence-electron chi connectivity index (χ4n) is 3.60. The average molecular weight is 330 g/mol. The number of rotatable bonds is 7. The molecule has 0 spiro atoms. The van der Waals surface area contributed by atoms with Gasteiger partial charge in [0.1, 0.15) is 0 Å². The Morgan fingerprint density at radius 3 is 2.35 bits per heavy atom. The van der Waals surface area contributed by atoms with Crippen LogP contribution in [-0.2, 0) is 4.43 Å². The molecule has 0 aromatic carbocycles. The second-order valence-corrected chi connectivity index (χ2v) is 11.5. The molecule has 1 aliphatic carbocycles. The number of hydrogen-bond donors (Lipinski definition) is 0. The van der Waals surface area contributed by atoms with Crippen molar-refractivity contribution in [1.29, 1.82) is 0 Å². The highest BCUT2D eigenvalue weighted by Gasteiger charge is 2.39. The third-order valence-corrected chi connectivity index (χ3v) is 10.2. The van der Waals surface area contributed by atoms with E-state index in [1.54, 1.807) is 0 Å². The molecular formula is C20H31NOSi. The van der Waals surface area contributed by atoms with Crippen LogP contribution in [-0.4, -0.2) is 19.4 Å². The van der Waals surface area contributed by atoms with E-state index in [0.717, 1.165) is 12.1 Å². The molecule has 0 amide bonds. The summed E-state index contributed by atoms with van der Waals surface area (Å²) in [6, 6.07) is 7.84. The highest BCUT2D eigenvalue weighted by molar-refractivity contribution is 6.73. The third kappa shape index (κ3) is 3.67. The Morgan fingerprint density at radius 2 is 1.87 bits per heavy atom. The van der Waals surface area contributed by atoms with Crippen molar-refractivity contribution >= 4 is 13.9 Å². The van der Waals surface area contributed by atoms with E-state index >= 15 is 0 Å². The largest absolute Gasteiger partial charge is 0.410 e. The first-order valence-corrected chi connectivity index (χ1v) is 11.5. The Bertz CT molecular complexity index is 564. The Kier molecular flexibility index (Phi) is 5.98. The number of allylic oxidation sites excluding steroid dienone is 1. The zero-order valence-corrected chi connectivity index (χ0v) is 16.4. The van der Waals surface area contributed by atoms with Crippen LogP contribution in [0.1, 0.15) is 45.4 Å². The van der Waals surface area contributed by atoms with Gasteiger partial charge in [0.25, 0.3) is 0 Å². The molecule has 0 aliphatic heterocycles. The summed E-state index contributed by atoms with van der Waals surface area (Å²) in [4.78, 5) is 4.63. The van der Waals surface area contributed by atoms with Crippen molar-refractivity contribution in [1.82, 2.24) is 4.98 Å². The summed E-state index contributed by atoms with van der Waals surface area (Å²) in [7, 11) is -1.62. The highest BCUT2D eigenvalue weighted by Crippen LogP contribution is 2.42. The number of pyridine rings is 1. The predicted octanol–water partition coefficient (Wildman–Crippen LogP) is 5.76. The summed E-state index contributed by atoms with van der Waals surface area (Å²) in [5.41, 5.74) is 5.01. The molecule has 0 N–H and O–H groups in total. The third-order valence-electron chi connectivity index (χ3n) is 5.56. The van der Waals surface area contributed by atoms with Crippen molar-refractivity contribution in [3.05, 3.63) is 47.8 Å². The van der Waals surface area contributed by atoms with Gasteiger partial charge in [-0.2, -0.15) is 0 Å². The van der Waals surface area contributed by atoms with E-state index < -0.39 is 8.32 Å². The summed E-state index contributed by atoms with van der Waals surface area (Å²) in [5.74, 6) is 0.379. The minimum atomic E-state index is -1.62. The molecule has 0 bridgehead atoms. The maximum atomic E-state index is 6.82. The van der Waals surface area contributed by atoms with Gasteiger partial charge in [-0.3, -0.25) is 4.98 Å². The average Bonchev–Trinajstić information content (AvgIpc) is 2.89. The second-order valence-electron chi connectivity index (χ2n) is 6.77. The van der Waals surface area contributed by atoms with Crippen LogP contribution in [0.4, 0.5) is 0 Å². The molecule has 0 saturated carbocycles. The number of nitrogens with zero attached hydrogens (tertiary/aromatic N) is 1. The van der Waals surface area contributed by atoms with Gasteiger partial charge in [0.15, 0.2) is 8.32 Å². The first kappa shape index (κ1) is 18.1. The number of aryl methyl sites for hydroxylation is 1. The van der Waals surface area contributed by atoms with E-state index in [4.69, 9.17) is 4.43 Å². The molecule has 0 radical (unpaired) electrons. The van der Waals surface area contributed by atoms with Gasteiger partial charge in [0, 0.05) is 12.1 Å². The normalized spacial score (nSPS) is 21.8. The molecule has 2 unspecified atom stereocenters. The summed E-state index contributed by atoms with van der Waals surface area (Å²) in [6.45, 7) is 15.2. The van der Waals surface area contributed by atoms with Gasteiger partial charge in [-0.05, 0) is 61.2 Å². The Hall–Kier alpha value is -1.19. The van der Waals surface area contributed by atoms with Crippen molar-refractivity contribution < 1.29 is 4.43 Å². The van der Waals surface area contributed by atoms with Crippen molar-refractivity contribution in [3.63, 3.8) is 0 Å². The Labute approximate surface area is 142 Å². The molecule has 2 rings (SSSR count). The van der Waals surface area contributed by atoms with E-state index in [-0.39, 0.29) is 6.10 Å². The molecule has 126 valence electrons. The van der Waals surface area contributed by atoms with Crippen LogP contribution in [0.15, 0.2) is 36.6 Å². The Balaban J connectivity index is 2.34. The van der Waals surface area contributed by atoms with Crippen LogP contribution in [0, 0.1) is 12.8 Å². The molecule has 1 aliphatic rings. The van der Waals surface area contributed by atoms with E-state index in [1.165, 1.54) is 34.8 Å². The van der Waals surface area contributed by atoms with Crippen molar-refractivity contribution in [2.24, 2.45) is 5.92 Å². The van der Waals surface area contributed by atoms with E-state index in [9.17, 15) is 0 Å². The molecule has 1 aromatic rings. The van der Waals surface area contributed by atoms with Gasteiger partial charge < -0.3 is 4.43 Å². The second kappa shape index (κ2) is 7.58. The van der Waals surface area contributed by atoms with E-state index in [2.05, 4.69) is 64.4 Å². The lowest BCUT2D eigenvalue weighted by atomic mass is 10.0. The van der Waals surface area contributed by atoms with Gasteiger partial charge in [-0.15, -0.1) is 6.58 Å². The monoisotopic (exact) mass is 329 g/mol. The lowest BCUT2D eigenvalue weighted by Gasteiger charge is -2.34. The van der Waals surface area contributed by atoms with E-state index in [0.29, 0.717) is 5.92 Å². The SMILES string of the molecule is C=CC1CC(c2ccc(C)cn2)=C(C)C1O[Si](CC)(CC)CC. The molecule has 2 nitrogen and oxygen atoms in total. The van der Waals surface area contributed by atoms with Crippen LogP contribution in [0.5, 0.6) is 0 Å². The number of aromatic nitrogens is 1. The van der Waals surface area contributed by atoms with Crippen molar-refractivity contribution in [3.8, 4) is 0 Å². The quantitative estimate of drug-likeness (QED) is 0.468. The van der Waals surface area contributed by atoms with Crippen LogP contribution in [0.25, 0.3) is 5.57 Å². The zero-order chi connectivity index (χ0) is 17.0. The summed E-state index contributed by atoms with van der Waals surface area (Å²) >= 11 is 0. The molecule has 0 saturated heterocycles. The Morgan fingerprint density at radius 1 is 1.22 bits per heavy atom. The highest BCUT2D eigenvalue weighted by atomic mass is 28.4. The van der Waals surface area contributed by atoms with Gasteiger partial charge in [-0.25, -0.2) is 0 Å². The molecule has 1 heterocycles. The molecular weight excluding hydrogens is 298 g/mol. The summed E-state index contributed by atoms with van der Waals surface area (Å²) < 4.78 is 6.82. The first-order chi connectivity index (χ1) is 11.0. The van der Waals surface area contributed by atoms with E-state index in [1.807, 2.05) is 6.20 Å². The minimum Gasteiger partial charge on any atom is -0.410 e. The van der Waals surface area contributed by atoms with Crippen LogP contribution < -0.4 is 0 Å². The van der Waals surface area contributed by atoms with Crippen LogP contribution >= 0.6 is 0 Å². The summed E-state index contributed by atoms with van der Waals surface area (Å²) in [5, 5.41) is 0. The lowest BCUT2D eigenvalue weighted by Crippen LogP contribution is -2.41. The molecule has 3 heteroatoms. The molecule has 23 heavy (non-hydrogen) atoms. The van der Waals surface area contributed by atoms with Gasteiger partial charge in [-0.1, -0.05) is 32.9 Å². The predicted molar refractivity (Wildman–Crippen MR) is 102 cm³/mol. The van der Waals surface area contributed by atoms with Crippen LogP contribution in [0.2, 0.25) is 18.1 Å². The topological polar surface area (TPSA) is 22.1 Å². The maximum absolute atomic E-state index is 6.82. The fourth-order valence-corrected chi connectivity index (χ4v) is 6.49. The first-order valence-electron chi connectivity index (χ1n) is 8.93. The lowest BCUT2D eigenvalue weighted by molar-refractivity contribution is 0.189. The molecule has 1 aromatic heterocycles. The zero-order valence-electron chi connectivity index (χ0n) is 15.4. The standard InChI is InChI=1S/C20H31NOSi/c1-7-17-13-18(19-12-11-15(5)14-21-19)16(6)20(17)22-23(8-2,9-3)10-4/h7,11-12,14,17,20H,1,8-10,13H2,2-6H3. The fraction of sp³-hybridized carbons (Fsp3) is 0.550. The summed E-state index contributed by atoms with van der Waals surface area (Å²) in [6.07, 6.45) is 5.22. The van der Waals surface area contributed by atoms with Crippen molar-refractivity contribution in [2.75, 3.05) is 0 Å². The number of hydrogen-bond acceptors (Lipinski definition) is 2. The van der Waals surface area contributed by atoms with Crippen molar-refractivity contribution in [2.45, 2.75) is 65.3 Å². The van der Waals surface area contributed by atoms with Gasteiger partial charge >= 0.3 is 0 Å². The van der Waals surface area contributed by atoms with Gasteiger partial charge in [0.05, 0.1) is 11.8 Å². The van der Waals surface area contributed by atoms with Crippen LogP contribution in [0.3, 0.4) is 0 Å². The maximum Gasteiger partial charge on any atom is 0.192 e.